The van der Waals surface area contributed by atoms with Crippen LogP contribution in [0.15, 0.2) is 12.2 Å². The Morgan fingerprint density at radius 2 is 1.29 bits per heavy atom. The van der Waals surface area contributed by atoms with E-state index < -0.39 is 16.1 Å². The van der Waals surface area contributed by atoms with Gasteiger partial charge in [0.2, 0.25) is 0 Å². The summed E-state index contributed by atoms with van der Waals surface area (Å²) in [7, 11) is -3.67. The fourth-order valence-electron chi connectivity index (χ4n) is 0.385. The minimum Gasteiger partial charge on any atom is -0.481 e. The SMILES string of the molecule is CC(=O)O.CS(=O)(=O)O.OCCC=CCCO. The molecule has 0 aromatic carbocycles. The first kappa shape index (κ1) is 21.3. The van der Waals surface area contributed by atoms with Gasteiger partial charge in [-0.2, -0.15) is 8.42 Å². The average Bonchev–Trinajstić information content (AvgIpc) is 2.09. The summed E-state index contributed by atoms with van der Waals surface area (Å²) in [4.78, 5) is 9.00. The second kappa shape index (κ2) is 15.0. The highest BCUT2D eigenvalue weighted by Crippen LogP contribution is 1.83. The molecule has 0 saturated heterocycles. The van der Waals surface area contributed by atoms with E-state index in [0.717, 1.165) is 6.92 Å². The van der Waals surface area contributed by atoms with E-state index in [0.29, 0.717) is 19.1 Å². The third-order valence-corrected chi connectivity index (χ3v) is 0.758. The zero-order chi connectivity index (χ0) is 14.3. The smallest absolute Gasteiger partial charge is 0.300 e. The number of carbonyl (C=O) groups is 1. The van der Waals surface area contributed by atoms with E-state index in [1.54, 1.807) is 0 Å². The number of hydrogen-bond acceptors (Lipinski definition) is 5. The third kappa shape index (κ3) is 157. The van der Waals surface area contributed by atoms with E-state index in [4.69, 9.17) is 24.7 Å². The van der Waals surface area contributed by atoms with Crippen molar-refractivity contribution in [1.82, 2.24) is 0 Å². The van der Waals surface area contributed by atoms with Crippen LogP contribution in [0.3, 0.4) is 0 Å². The Labute approximate surface area is 101 Å². The van der Waals surface area contributed by atoms with Crippen LogP contribution in [0.25, 0.3) is 0 Å². The van der Waals surface area contributed by atoms with E-state index in [1.807, 2.05) is 12.2 Å². The molecule has 0 rings (SSSR count). The minimum absolute atomic E-state index is 0.196. The molecule has 0 aliphatic carbocycles. The van der Waals surface area contributed by atoms with Crippen molar-refractivity contribution in [3.05, 3.63) is 12.2 Å². The van der Waals surface area contributed by atoms with Crippen LogP contribution in [0.5, 0.6) is 0 Å². The molecule has 0 atom stereocenters. The van der Waals surface area contributed by atoms with Crippen LogP contribution in [0.1, 0.15) is 19.8 Å². The summed E-state index contributed by atoms with van der Waals surface area (Å²) in [5, 5.41) is 23.9. The Hall–Kier alpha value is -0.960. The maximum atomic E-state index is 9.19. The molecule has 7 nitrogen and oxygen atoms in total. The lowest BCUT2D eigenvalue weighted by Crippen LogP contribution is -1.88. The van der Waals surface area contributed by atoms with Gasteiger partial charge < -0.3 is 15.3 Å². The van der Waals surface area contributed by atoms with Gasteiger partial charge in [0.1, 0.15) is 0 Å². The maximum Gasteiger partial charge on any atom is 0.300 e. The van der Waals surface area contributed by atoms with Crippen LogP contribution in [-0.4, -0.2) is 53.7 Å². The highest BCUT2D eigenvalue weighted by Gasteiger charge is 1.81. The molecular formula is C9H20O7S. The Morgan fingerprint density at radius 3 is 1.41 bits per heavy atom. The summed E-state index contributed by atoms with van der Waals surface area (Å²) in [5.41, 5.74) is 0. The minimum atomic E-state index is -3.67. The summed E-state index contributed by atoms with van der Waals surface area (Å²) >= 11 is 0. The topological polar surface area (TPSA) is 132 Å². The average molecular weight is 272 g/mol. The molecule has 4 N–H and O–H groups in total. The molecule has 0 bridgehead atoms. The Morgan fingerprint density at radius 1 is 1.12 bits per heavy atom. The van der Waals surface area contributed by atoms with Crippen LogP contribution in [0, 0.1) is 0 Å². The lowest BCUT2D eigenvalue weighted by atomic mass is 10.3. The van der Waals surface area contributed by atoms with E-state index in [9.17, 15) is 8.42 Å². The van der Waals surface area contributed by atoms with E-state index in [-0.39, 0.29) is 13.2 Å². The van der Waals surface area contributed by atoms with Gasteiger partial charge in [-0.3, -0.25) is 9.35 Å². The van der Waals surface area contributed by atoms with Crippen LogP contribution in [0.4, 0.5) is 0 Å². The molecular weight excluding hydrogens is 252 g/mol. The number of aliphatic hydroxyl groups excluding tert-OH is 2. The normalized spacial score (nSPS) is 9.94. The lowest BCUT2D eigenvalue weighted by Gasteiger charge is -1.83. The van der Waals surface area contributed by atoms with Crippen molar-refractivity contribution in [1.29, 1.82) is 0 Å². The number of aliphatic carboxylic acids is 1. The monoisotopic (exact) mass is 272 g/mol. The molecule has 0 saturated carbocycles. The van der Waals surface area contributed by atoms with Gasteiger partial charge in [0.15, 0.2) is 0 Å². The Bertz CT molecular complexity index is 262. The number of carboxylic acids is 1. The summed E-state index contributed by atoms with van der Waals surface area (Å²) in [5.74, 6) is -0.833. The number of carboxylic acid groups (broad SMARTS) is 1. The van der Waals surface area contributed by atoms with Gasteiger partial charge in [-0.25, -0.2) is 0 Å². The predicted octanol–water partition coefficient (Wildman–Crippen LogP) is -0.0977. The summed E-state index contributed by atoms with van der Waals surface area (Å²) in [6, 6.07) is 0. The van der Waals surface area contributed by atoms with E-state index in [2.05, 4.69) is 0 Å². The number of hydrogen-bond donors (Lipinski definition) is 4. The van der Waals surface area contributed by atoms with Crippen molar-refractivity contribution in [2.75, 3.05) is 19.5 Å². The Balaban J connectivity index is -0.000000188. The Kier molecular flexibility index (Phi) is 18.9. The highest BCUT2D eigenvalue weighted by atomic mass is 32.2. The molecule has 0 aromatic rings. The van der Waals surface area contributed by atoms with Gasteiger partial charge in [0.25, 0.3) is 16.1 Å². The summed E-state index contributed by atoms with van der Waals surface area (Å²) in [6.07, 6.45) is 5.82. The van der Waals surface area contributed by atoms with Gasteiger partial charge in [-0.05, 0) is 12.8 Å². The van der Waals surface area contributed by atoms with Crippen molar-refractivity contribution in [2.24, 2.45) is 0 Å². The van der Waals surface area contributed by atoms with Gasteiger partial charge in [-0.15, -0.1) is 0 Å². The molecule has 104 valence electrons. The third-order valence-electron chi connectivity index (χ3n) is 0.758. The summed E-state index contributed by atoms with van der Waals surface area (Å²) < 4.78 is 25.9. The first-order chi connectivity index (χ1) is 7.65. The molecule has 0 aromatic heterocycles. The van der Waals surface area contributed by atoms with Crippen molar-refractivity contribution in [3.8, 4) is 0 Å². The molecule has 0 unspecified atom stereocenters. The molecule has 0 spiro atoms. The van der Waals surface area contributed by atoms with Crippen LogP contribution < -0.4 is 0 Å². The van der Waals surface area contributed by atoms with Crippen molar-refractivity contribution in [3.63, 3.8) is 0 Å². The van der Waals surface area contributed by atoms with Crippen LogP contribution >= 0.6 is 0 Å². The van der Waals surface area contributed by atoms with Gasteiger partial charge in [-0.1, -0.05) is 12.2 Å². The highest BCUT2D eigenvalue weighted by molar-refractivity contribution is 7.85. The standard InChI is InChI=1S/C6H12O2.C2H4O2.CH4O3S/c7-5-3-1-2-4-6-8;1-2(3)4;1-5(2,3)4/h1-2,7-8H,3-6H2;1H3,(H,3,4);1H3,(H,2,3,4). The molecule has 0 amide bonds. The van der Waals surface area contributed by atoms with Crippen LogP contribution in [-0.2, 0) is 14.9 Å². The van der Waals surface area contributed by atoms with Crippen molar-refractivity contribution < 1.29 is 33.1 Å². The second-order valence-electron chi connectivity index (χ2n) is 2.75. The molecule has 17 heavy (non-hydrogen) atoms. The molecule has 0 heterocycles. The second-order valence-corrected chi connectivity index (χ2v) is 4.21. The molecule has 0 radical (unpaired) electrons. The number of aliphatic hydroxyl groups is 2. The molecule has 0 aliphatic rings. The zero-order valence-corrected chi connectivity index (χ0v) is 10.7. The quantitative estimate of drug-likeness (QED) is 0.415. The molecule has 0 aliphatic heterocycles. The van der Waals surface area contributed by atoms with Crippen molar-refractivity contribution in [2.45, 2.75) is 19.8 Å². The predicted molar refractivity (Wildman–Crippen MR) is 63.3 cm³/mol. The van der Waals surface area contributed by atoms with E-state index in [1.165, 1.54) is 0 Å². The van der Waals surface area contributed by atoms with Gasteiger partial charge in [0.05, 0.1) is 6.26 Å². The van der Waals surface area contributed by atoms with Crippen LogP contribution in [0.2, 0.25) is 0 Å². The van der Waals surface area contributed by atoms with Crippen molar-refractivity contribution >= 4 is 16.1 Å². The fraction of sp³-hybridized carbons (Fsp3) is 0.667. The number of rotatable bonds is 4. The molecule has 0 fully saturated rings. The van der Waals surface area contributed by atoms with Gasteiger partial charge in [0, 0.05) is 20.1 Å². The zero-order valence-electron chi connectivity index (χ0n) is 9.90. The lowest BCUT2D eigenvalue weighted by molar-refractivity contribution is -0.134. The fourth-order valence-corrected chi connectivity index (χ4v) is 0.385. The molecule has 8 heteroatoms. The summed E-state index contributed by atoms with van der Waals surface area (Å²) in [6.45, 7) is 1.48. The maximum absolute atomic E-state index is 9.19. The first-order valence-corrected chi connectivity index (χ1v) is 6.48. The first-order valence-electron chi connectivity index (χ1n) is 4.63. The largest absolute Gasteiger partial charge is 0.481 e. The van der Waals surface area contributed by atoms with Gasteiger partial charge >= 0.3 is 0 Å². The van der Waals surface area contributed by atoms with E-state index >= 15 is 0 Å².